The number of nitrogens with one attached hydrogen (secondary N) is 2. The number of anilines is 2. The minimum Gasteiger partial charge on any atom is -0.361 e. The lowest BCUT2D eigenvalue weighted by Gasteiger charge is -2.17. The average molecular weight is 367 g/mol. The summed E-state index contributed by atoms with van der Waals surface area (Å²) >= 11 is 0. The Bertz CT molecular complexity index is 715. The Labute approximate surface area is 152 Å². The summed E-state index contributed by atoms with van der Waals surface area (Å²) in [6.07, 6.45) is 2.21. The first-order valence-corrected chi connectivity index (χ1v) is 7.81. The van der Waals surface area contributed by atoms with Crippen LogP contribution in [-0.2, 0) is 4.79 Å². The first-order valence-electron chi connectivity index (χ1n) is 7.81. The molecule has 8 heteroatoms. The number of nitrogens with zero attached hydrogens (tertiary/aromatic N) is 1. The lowest BCUT2D eigenvalue weighted by Crippen LogP contribution is -2.40. The maximum absolute atomic E-state index is 12.1. The summed E-state index contributed by atoms with van der Waals surface area (Å²) in [5.41, 5.74) is 7.51. The SMILES string of the molecule is CCC(C)C(N)C(=O)Nc1ccc(NC(=O)c2cnoc2C)cc1.Cl. The molecule has 136 valence electrons. The molecule has 0 fully saturated rings. The van der Waals surface area contributed by atoms with E-state index >= 15 is 0 Å². The first kappa shape index (κ1) is 20.7. The third-order valence-corrected chi connectivity index (χ3v) is 3.97. The van der Waals surface area contributed by atoms with Gasteiger partial charge in [-0.15, -0.1) is 12.4 Å². The number of benzene rings is 1. The second-order valence-electron chi connectivity index (χ2n) is 5.73. The number of hydrogen-bond donors (Lipinski definition) is 3. The van der Waals surface area contributed by atoms with Crippen LogP contribution in [0.15, 0.2) is 35.0 Å². The predicted molar refractivity (Wildman–Crippen MR) is 98.9 cm³/mol. The van der Waals surface area contributed by atoms with E-state index in [1.807, 2.05) is 13.8 Å². The number of carbonyl (C=O) groups is 2. The molecule has 1 aromatic heterocycles. The van der Waals surface area contributed by atoms with Gasteiger partial charge in [-0.1, -0.05) is 25.4 Å². The van der Waals surface area contributed by atoms with Crippen LogP contribution in [0.3, 0.4) is 0 Å². The molecule has 0 spiro atoms. The van der Waals surface area contributed by atoms with E-state index in [9.17, 15) is 9.59 Å². The van der Waals surface area contributed by atoms with Crippen molar-refractivity contribution in [2.75, 3.05) is 10.6 Å². The van der Waals surface area contributed by atoms with E-state index < -0.39 is 6.04 Å². The zero-order chi connectivity index (χ0) is 17.7. The highest BCUT2D eigenvalue weighted by Gasteiger charge is 2.19. The fourth-order valence-corrected chi connectivity index (χ4v) is 2.09. The van der Waals surface area contributed by atoms with Crippen LogP contribution in [0, 0.1) is 12.8 Å². The molecule has 2 rings (SSSR count). The Morgan fingerprint density at radius 2 is 1.76 bits per heavy atom. The molecular weight excluding hydrogens is 344 g/mol. The molecule has 0 aliphatic rings. The second kappa shape index (κ2) is 9.19. The van der Waals surface area contributed by atoms with E-state index in [0.29, 0.717) is 22.7 Å². The van der Waals surface area contributed by atoms with E-state index in [-0.39, 0.29) is 30.1 Å². The Kier molecular flexibility index (Phi) is 7.60. The zero-order valence-electron chi connectivity index (χ0n) is 14.4. The standard InChI is InChI=1S/C17H22N4O3.ClH/c1-4-10(2)15(18)17(23)21-13-7-5-12(6-8-13)20-16(22)14-9-19-24-11(14)3;/h5-10,15H,4,18H2,1-3H3,(H,20,22)(H,21,23);1H. The van der Waals surface area contributed by atoms with Crippen molar-refractivity contribution >= 4 is 35.6 Å². The zero-order valence-corrected chi connectivity index (χ0v) is 15.2. The molecule has 25 heavy (non-hydrogen) atoms. The molecule has 0 aliphatic heterocycles. The van der Waals surface area contributed by atoms with Gasteiger partial charge in [0.25, 0.3) is 5.91 Å². The van der Waals surface area contributed by atoms with Gasteiger partial charge in [-0.05, 0) is 37.1 Å². The van der Waals surface area contributed by atoms with Gasteiger partial charge in [0.1, 0.15) is 11.3 Å². The Morgan fingerprint density at radius 1 is 1.20 bits per heavy atom. The summed E-state index contributed by atoms with van der Waals surface area (Å²) in [7, 11) is 0. The molecule has 0 aliphatic carbocycles. The lowest BCUT2D eigenvalue weighted by atomic mass is 9.99. The van der Waals surface area contributed by atoms with Crippen molar-refractivity contribution in [3.05, 3.63) is 41.8 Å². The molecule has 0 saturated heterocycles. The van der Waals surface area contributed by atoms with Gasteiger partial charge in [-0.3, -0.25) is 9.59 Å². The van der Waals surface area contributed by atoms with E-state index in [0.717, 1.165) is 6.42 Å². The number of carbonyl (C=O) groups excluding carboxylic acids is 2. The molecule has 1 aromatic carbocycles. The normalized spacial score (nSPS) is 12.6. The fourth-order valence-electron chi connectivity index (χ4n) is 2.09. The maximum atomic E-state index is 12.1. The largest absolute Gasteiger partial charge is 0.361 e. The van der Waals surface area contributed by atoms with Crippen molar-refractivity contribution in [2.24, 2.45) is 11.7 Å². The Morgan fingerprint density at radius 3 is 2.24 bits per heavy atom. The third kappa shape index (κ3) is 5.30. The number of aromatic nitrogens is 1. The van der Waals surface area contributed by atoms with Crippen LogP contribution in [0.2, 0.25) is 0 Å². The van der Waals surface area contributed by atoms with Crippen molar-refractivity contribution in [2.45, 2.75) is 33.2 Å². The number of nitrogens with two attached hydrogens (primary N) is 1. The number of hydrogen-bond acceptors (Lipinski definition) is 5. The summed E-state index contributed by atoms with van der Waals surface area (Å²) < 4.78 is 4.87. The molecule has 2 amide bonds. The van der Waals surface area contributed by atoms with Crippen LogP contribution < -0.4 is 16.4 Å². The monoisotopic (exact) mass is 366 g/mol. The minimum absolute atomic E-state index is 0. The van der Waals surface area contributed by atoms with Crippen molar-refractivity contribution in [1.29, 1.82) is 0 Å². The van der Waals surface area contributed by atoms with Crippen LogP contribution in [-0.4, -0.2) is 23.0 Å². The fraction of sp³-hybridized carbons (Fsp3) is 0.353. The van der Waals surface area contributed by atoms with Crippen LogP contribution in [0.25, 0.3) is 0 Å². The minimum atomic E-state index is -0.550. The topological polar surface area (TPSA) is 110 Å². The molecule has 0 bridgehead atoms. The third-order valence-electron chi connectivity index (χ3n) is 3.97. The molecule has 4 N–H and O–H groups in total. The van der Waals surface area contributed by atoms with Crippen LogP contribution in [0.1, 0.15) is 36.4 Å². The number of amides is 2. The lowest BCUT2D eigenvalue weighted by molar-refractivity contribution is -0.118. The molecule has 7 nitrogen and oxygen atoms in total. The summed E-state index contributed by atoms with van der Waals surface area (Å²) in [5, 5.41) is 9.09. The van der Waals surface area contributed by atoms with Gasteiger partial charge in [0.15, 0.2) is 0 Å². The van der Waals surface area contributed by atoms with Gasteiger partial charge in [0, 0.05) is 11.4 Å². The van der Waals surface area contributed by atoms with E-state index in [2.05, 4.69) is 15.8 Å². The van der Waals surface area contributed by atoms with Crippen LogP contribution >= 0.6 is 12.4 Å². The molecule has 2 atom stereocenters. The number of halogens is 1. The molecule has 2 aromatic rings. The Hall–Kier alpha value is -2.38. The van der Waals surface area contributed by atoms with Gasteiger partial charge >= 0.3 is 0 Å². The smallest absolute Gasteiger partial charge is 0.260 e. The molecule has 0 saturated carbocycles. The van der Waals surface area contributed by atoms with E-state index in [4.69, 9.17) is 10.3 Å². The molecule has 0 radical (unpaired) electrons. The summed E-state index contributed by atoms with van der Waals surface area (Å²) in [6.45, 7) is 5.60. The summed E-state index contributed by atoms with van der Waals surface area (Å²) in [6, 6.07) is 6.26. The van der Waals surface area contributed by atoms with Crippen molar-refractivity contribution in [3.63, 3.8) is 0 Å². The van der Waals surface area contributed by atoms with E-state index in [1.54, 1.807) is 31.2 Å². The molecule has 2 unspecified atom stereocenters. The van der Waals surface area contributed by atoms with Gasteiger partial charge in [-0.2, -0.15) is 0 Å². The van der Waals surface area contributed by atoms with E-state index in [1.165, 1.54) is 6.20 Å². The van der Waals surface area contributed by atoms with Crippen LogP contribution in [0.5, 0.6) is 0 Å². The first-order chi connectivity index (χ1) is 11.4. The van der Waals surface area contributed by atoms with Crippen LogP contribution in [0.4, 0.5) is 11.4 Å². The summed E-state index contributed by atoms with van der Waals surface area (Å²) in [5.74, 6) is 0.0383. The van der Waals surface area contributed by atoms with Gasteiger partial charge in [-0.25, -0.2) is 0 Å². The van der Waals surface area contributed by atoms with Gasteiger partial charge in [0.2, 0.25) is 5.91 Å². The quantitative estimate of drug-likeness (QED) is 0.727. The van der Waals surface area contributed by atoms with Crippen molar-refractivity contribution in [1.82, 2.24) is 5.16 Å². The number of rotatable bonds is 6. The molecular formula is C17H23ClN4O3. The van der Waals surface area contributed by atoms with Gasteiger partial charge < -0.3 is 20.9 Å². The highest BCUT2D eigenvalue weighted by atomic mass is 35.5. The van der Waals surface area contributed by atoms with Gasteiger partial charge in [0.05, 0.1) is 12.2 Å². The average Bonchev–Trinajstić information content (AvgIpc) is 3.01. The predicted octanol–water partition coefficient (Wildman–Crippen LogP) is 2.97. The highest BCUT2D eigenvalue weighted by Crippen LogP contribution is 2.16. The van der Waals surface area contributed by atoms with Crippen molar-refractivity contribution in [3.8, 4) is 0 Å². The number of aryl methyl sites for hydroxylation is 1. The highest BCUT2D eigenvalue weighted by molar-refractivity contribution is 6.04. The van der Waals surface area contributed by atoms with Crippen molar-refractivity contribution < 1.29 is 14.1 Å². The maximum Gasteiger partial charge on any atom is 0.260 e. The second-order valence-corrected chi connectivity index (χ2v) is 5.73. The Balaban J connectivity index is 0.00000312. The summed E-state index contributed by atoms with van der Waals surface area (Å²) in [4.78, 5) is 24.1. The molecule has 1 heterocycles.